The van der Waals surface area contributed by atoms with Crippen molar-refractivity contribution in [2.75, 3.05) is 25.6 Å². The van der Waals surface area contributed by atoms with Crippen LogP contribution in [0.25, 0.3) is 0 Å². The Morgan fingerprint density at radius 2 is 1.82 bits per heavy atom. The standard InChI is InChI=1S/C21H23F3O3S/c1-3-10-25-19-9-8-18(11-15(19)2)28-14-20(13-27-20)12-26-17-6-4-16(5-7-17)21(22,23)24/h4-9,11H,3,10,12-14H2,1-2H3. The topological polar surface area (TPSA) is 31.0 Å². The van der Waals surface area contributed by atoms with Crippen LogP contribution in [0.3, 0.4) is 0 Å². The lowest BCUT2D eigenvalue weighted by atomic mass is 10.2. The molecule has 3 rings (SSSR count). The molecule has 28 heavy (non-hydrogen) atoms. The summed E-state index contributed by atoms with van der Waals surface area (Å²) in [4.78, 5) is 1.12. The van der Waals surface area contributed by atoms with E-state index in [4.69, 9.17) is 14.2 Å². The van der Waals surface area contributed by atoms with Gasteiger partial charge in [-0.15, -0.1) is 11.8 Å². The van der Waals surface area contributed by atoms with Crippen molar-refractivity contribution in [1.82, 2.24) is 0 Å². The second kappa shape index (κ2) is 8.66. The zero-order valence-electron chi connectivity index (χ0n) is 15.8. The lowest BCUT2D eigenvalue weighted by molar-refractivity contribution is -0.137. The Bertz CT molecular complexity index is 786. The van der Waals surface area contributed by atoms with Gasteiger partial charge < -0.3 is 14.2 Å². The van der Waals surface area contributed by atoms with Crippen LogP contribution in [0.4, 0.5) is 13.2 Å². The summed E-state index contributed by atoms with van der Waals surface area (Å²) in [6.07, 6.45) is -3.38. The molecule has 1 fully saturated rings. The van der Waals surface area contributed by atoms with Crippen LogP contribution in [-0.4, -0.2) is 31.2 Å². The average Bonchev–Trinajstić information content (AvgIpc) is 3.44. The lowest BCUT2D eigenvalue weighted by Crippen LogP contribution is -2.24. The molecule has 2 aromatic carbocycles. The minimum absolute atomic E-state index is 0.308. The minimum Gasteiger partial charge on any atom is -0.493 e. The molecule has 152 valence electrons. The van der Waals surface area contributed by atoms with E-state index in [0.717, 1.165) is 34.8 Å². The van der Waals surface area contributed by atoms with Crippen LogP contribution in [0, 0.1) is 6.92 Å². The normalized spacial score (nSPS) is 18.8. The molecule has 0 saturated carbocycles. The van der Waals surface area contributed by atoms with Crippen molar-refractivity contribution in [3.63, 3.8) is 0 Å². The number of rotatable bonds is 9. The zero-order valence-corrected chi connectivity index (χ0v) is 16.7. The molecule has 1 unspecified atom stereocenters. The van der Waals surface area contributed by atoms with E-state index in [-0.39, 0.29) is 0 Å². The summed E-state index contributed by atoms with van der Waals surface area (Å²) >= 11 is 1.67. The molecule has 0 spiro atoms. The van der Waals surface area contributed by atoms with Crippen molar-refractivity contribution in [3.8, 4) is 11.5 Å². The molecule has 3 nitrogen and oxygen atoms in total. The molecule has 0 N–H and O–H groups in total. The number of benzene rings is 2. The summed E-state index contributed by atoms with van der Waals surface area (Å²) in [5.41, 5.74) is 0.0123. The number of ether oxygens (including phenoxy) is 3. The van der Waals surface area contributed by atoms with Gasteiger partial charge in [-0.05, 0) is 61.4 Å². The van der Waals surface area contributed by atoms with E-state index in [2.05, 4.69) is 13.0 Å². The summed E-state index contributed by atoms with van der Waals surface area (Å²) in [5, 5.41) is 0. The Labute approximate surface area is 167 Å². The van der Waals surface area contributed by atoms with Crippen molar-refractivity contribution in [1.29, 1.82) is 0 Å². The second-order valence-electron chi connectivity index (χ2n) is 6.85. The van der Waals surface area contributed by atoms with Gasteiger partial charge >= 0.3 is 6.18 Å². The summed E-state index contributed by atoms with van der Waals surface area (Å²) in [7, 11) is 0. The largest absolute Gasteiger partial charge is 0.493 e. The van der Waals surface area contributed by atoms with Crippen molar-refractivity contribution in [2.45, 2.75) is 36.9 Å². The highest BCUT2D eigenvalue weighted by Crippen LogP contribution is 2.36. The third-order valence-electron chi connectivity index (χ3n) is 4.35. The Hall–Kier alpha value is -1.86. The molecule has 2 aromatic rings. The van der Waals surface area contributed by atoms with Gasteiger partial charge in [0.1, 0.15) is 23.7 Å². The molecular weight excluding hydrogens is 389 g/mol. The molecular formula is C21H23F3O3S. The van der Waals surface area contributed by atoms with E-state index in [9.17, 15) is 13.2 Å². The molecule has 1 aliphatic rings. The van der Waals surface area contributed by atoms with Gasteiger partial charge in [0, 0.05) is 10.6 Å². The monoisotopic (exact) mass is 412 g/mol. The molecule has 7 heteroatoms. The van der Waals surface area contributed by atoms with E-state index in [0.29, 0.717) is 31.3 Å². The van der Waals surface area contributed by atoms with Gasteiger partial charge in [-0.2, -0.15) is 13.2 Å². The van der Waals surface area contributed by atoms with Gasteiger partial charge in [0.15, 0.2) is 0 Å². The molecule has 1 heterocycles. The number of thioether (sulfide) groups is 1. The van der Waals surface area contributed by atoms with Crippen LogP contribution < -0.4 is 9.47 Å². The number of epoxide rings is 1. The molecule has 0 aliphatic carbocycles. The maximum Gasteiger partial charge on any atom is 0.416 e. The van der Waals surface area contributed by atoms with Crippen molar-refractivity contribution in [2.24, 2.45) is 0 Å². The Balaban J connectivity index is 1.50. The summed E-state index contributed by atoms with van der Waals surface area (Å²) in [5.74, 6) is 2.01. The van der Waals surface area contributed by atoms with Crippen molar-refractivity contribution in [3.05, 3.63) is 53.6 Å². The summed E-state index contributed by atoms with van der Waals surface area (Å²) < 4.78 is 54.7. The molecule has 0 amide bonds. The Morgan fingerprint density at radius 3 is 2.39 bits per heavy atom. The third-order valence-corrected chi connectivity index (χ3v) is 5.60. The first-order valence-corrected chi connectivity index (χ1v) is 10.1. The number of hydrogen-bond acceptors (Lipinski definition) is 4. The first-order chi connectivity index (χ1) is 13.3. The predicted octanol–water partition coefficient (Wildman–Crippen LogP) is 5.74. The van der Waals surface area contributed by atoms with Crippen LogP contribution in [0.5, 0.6) is 11.5 Å². The lowest BCUT2D eigenvalue weighted by Gasteiger charge is -2.15. The quantitative estimate of drug-likeness (QED) is 0.388. The Morgan fingerprint density at radius 1 is 1.11 bits per heavy atom. The van der Waals surface area contributed by atoms with E-state index in [1.807, 2.05) is 19.1 Å². The fourth-order valence-electron chi connectivity index (χ4n) is 2.57. The van der Waals surface area contributed by atoms with E-state index >= 15 is 0 Å². The van der Waals surface area contributed by atoms with Gasteiger partial charge in [-0.1, -0.05) is 6.92 Å². The van der Waals surface area contributed by atoms with Gasteiger partial charge in [-0.3, -0.25) is 0 Å². The van der Waals surface area contributed by atoms with E-state index in [1.165, 1.54) is 12.1 Å². The average molecular weight is 412 g/mol. The van der Waals surface area contributed by atoms with Crippen LogP contribution in [-0.2, 0) is 10.9 Å². The summed E-state index contributed by atoms with van der Waals surface area (Å²) in [6, 6.07) is 10.8. The number of aryl methyl sites for hydroxylation is 1. The van der Waals surface area contributed by atoms with Crippen LogP contribution in [0.1, 0.15) is 24.5 Å². The van der Waals surface area contributed by atoms with Crippen LogP contribution in [0.15, 0.2) is 47.4 Å². The SMILES string of the molecule is CCCOc1ccc(SCC2(COc3ccc(C(F)(F)F)cc3)CO2)cc1C. The number of alkyl halides is 3. The number of halogens is 3. The fraction of sp³-hybridized carbons (Fsp3) is 0.429. The molecule has 1 atom stereocenters. The van der Waals surface area contributed by atoms with Gasteiger partial charge in [0.05, 0.1) is 18.8 Å². The molecule has 0 bridgehead atoms. The van der Waals surface area contributed by atoms with Crippen molar-refractivity contribution < 1.29 is 27.4 Å². The Kier molecular flexibility index (Phi) is 6.45. The first-order valence-electron chi connectivity index (χ1n) is 9.12. The van der Waals surface area contributed by atoms with Gasteiger partial charge in [0.2, 0.25) is 0 Å². The van der Waals surface area contributed by atoms with E-state index < -0.39 is 17.3 Å². The molecule has 1 saturated heterocycles. The minimum atomic E-state index is -4.34. The summed E-state index contributed by atoms with van der Waals surface area (Å²) in [6.45, 7) is 5.68. The number of hydrogen-bond donors (Lipinski definition) is 0. The highest BCUT2D eigenvalue weighted by atomic mass is 32.2. The third kappa shape index (κ3) is 5.58. The van der Waals surface area contributed by atoms with Crippen LogP contribution >= 0.6 is 11.8 Å². The fourth-order valence-corrected chi connectivity index (χ4v) is 3.67. The highest BCUT2D eigenvalue weighted by Gasteiger charge is 2.45. The maximum atomic E-state index is 12.6. The van der Waals surface area contributed by atoms with Crippen LogP contribution in [0.2, 0.25) is 0 Å². The molecule has 1 aliphatic heterocycles. The molecule has 0 radical (unpaired) electrons. The zero-order chi connectivity index (χ0) is 20.2. The van der Waals surface area contributed by atoms with Gasteiger partial charge in [-0.25, -0.2) is 0 Å². The maximum absolute atomic E-state index is 12.6. The second-order valence-corrected chi connectivity index (χ2v) is 7.90. The van der Waals surface area contributed by atoms with E-state index in [1.54, 1.807) is 11.8 Å². The predicted molar refractivity (Wildman–Crippen MR) is 103 cm³/mol. The smallest absolute Gasteiger partial charge is 0.416 e. The molecule has 0 aromatic heterocycles. The van der Waals surface area contributed by atoms with Gasteiger partial charge in [0.25, 0.3) is 0 Å². The first kappa shape index (κ1) is 20.9. The highest BCUT2D eigenvalue weighted by molar-refractivity contribution is 7.99. The van der Waals surface area contributed by atoms with Crippen molar-refractivity contribution >= 4 is 11.8 Å².